The first-order chi connectivity index (χ1) is 9.93. The second-order valence-electron chi connectivity index (χ2n) is 5.58. The Balaban J connectivity index is 1.43. The van der Waals surface area contributed by atoms with Gasteiger partial charge in [-0.1, -0.05) is 36.6 Å². The van der Waals surface area contributed by atoms with Gasteiger partial charge >= 0.3 is 0 Å². The first-order valence-corrected chi connectivity index (χ1v) is 8.64. The summed E-state index contributed by atoms with van der Waals surface area (Å²) < 4.78 is 9.27. The number of nitrogens with zero attached hydrogens (tertiary/aromatic N) is 1. The Morgan fingerprint density at radius 1 is 1.20 bits per heavy atom. The van der Waals surface area contributed by atoms with E-state index in [1.165, 1.54) is 44.5 Å². The van der Waals surface area contributed by atoms with Crippen molar-refractivity contribution in [2.75, 3.05) is 32.8 Å². The highest BCUT2D eigenvalue weighted by molar-refractivity contribution is 7.97. The molecule has 1 aromatic carbocycles. The van der Waals surface area contributed by atoms with E-state index in [1.54, 1.807) is 0 Å². The molecule has 0 aliphatic carbocycles. The van der Waals surface area contributed by atoms with Crippen molar-refractivity contribution in [2.24, 2.45) is 0 Å². The molecule has 1 atom stereocenters. The molecule has 0 spiro atoms. The molecule has 2 aliphatic heterocycles. The predicted octanol–water partition coefficient (Wildman–Crippen LogP) is 3.23. The van der Waals surface area contributed by atoms with E-state index < -0.39 is 0 Å². The van der Waals surface area contributed by atoms with Crippen molar-refractivity contribution in [3.05, 3.63) is 29.8 Å². The minimum absolute atomic E-state index is 0.529. The van der Waals surface area contributed by atoms with Gasteiger partial charge in [-0.3, -0.25) is 4.72 Å². The zero-order valence-corrected chi connectivity index (χ0v) is 12.8. The molecule has 20 heavy (non-hydrogen) atoms. The van der Waals surface area contributed by atoms with Crippen LogP contribution in [0.1, 0.15) is 36.5 Å². The van der Waals surface area contributed by atoms with Gasteiger partial charge in [0.25, 0.3) is 0 Å². The van der Waals surface area contributed by atoms with E-state index in [2.05, 4.69) is 33.9 Å². The van der Waals surface area contributed by atoms with E-state index in [0.29, 0.717) is 5.25 Å². The summed E-state index contributed by atoms with van der Waals surface area (Å²) in [5.74, 6) is 1.06. The summed E-state index contributed by atoms with van der Waals surface area (Å²) in [5, 5.41) is 0.529. The van der Waals surface area contributed by atoms with Crippen molar-refractivity contribution in [2.45, 2.75) is 30.9 Å². The molecule has 1 aromatic rings. The summed E-state index contributed by atoms with van der Waals surface area (Å²) in [6, 6.07) is 8.43. The Morgan fingerprint density at radius 3 is 2.95 bits per heavy atom. The van der Waals surface area contributed by atoms with Gasteiger partial charge in [0.15, 0.2) is 0 Å². The number of hydrogen-bond acceptors (Lipinski definition) is 4. The van der Waals surface area contributed by atoms with E-state index in [1.807, 2.05) is 11.9 Å². The summed E-state index contributed by atoms with van der Waals surface area (Å²) in [5.41, 5.74) is 1.34. The van der Waals surface area contributed by atoms with Gasteiger partial charge in [-0.25, -0.2) is 0 Å². The van der Waals surface area contributed by atoms with Gasteiger partial charge in [-0.15, -0.1) is 0 Å². The van der Waals surface area contributed by atoms with Crippen LogP contribution in [0.5, 0.6) is 5.75 Å². The van der Waals surface area contributed by atoms with Crippen molar-refractivity contribution in [3.8, 4) is 5.75 Å². The third-order valence-corrected chi connectivity index (χ3v) is 5.25. The second-order valence-corrected chi connectivity index (χ2v) is 6.67. The Hall–Kier alpha value is -0.710. The summed E-state index contributed by atoms with van der Waals surface area (Å²) >= 11 is 1.87. The standard InChI is InChI=1S/C16H24N2OS/c1-4-10-18(11-5-1)12-9-17-20-16-8-13-19-15-7-3-2-6-14(15)16/h2-3,6-7,16-17H,1,4-5,8-13H2. The molecule has 1 saturated heterocycles. The van der Waals surface area contributed by atoms with E-state index >= 15 is 0 Å². The third-order valence-electron chi connectivity index (χ3n) is 4.11. The van der Waals surface area contributed by atoms with Gasteiger partial charge in [0.05, 0.1) is 11.9 Å². The number of piperidine rings is 1. The molecule has 1 fully saturated rings. The lowest BCUT2D eigenvalue weighted by Gasteiger charge is -2.28. The first kappa shape index (κ1) is 14.2. The molecule has 0 amide bonds. The Morgan fingerprint density at radius 2 is 2.05 bits per heavy atom. The average molecular weight is 292 g/mol. The average Bonchev–Trinajstić information content (AvgIpc) is 2.53. The van der Waals surface area contributed by atoms with Gasteiger partial charge < -0.3 is 9.64 Å². The smallest absolute Gasteiger partial charge is 0.123 e. The van der Waals surface area contributed by atoms with Crippen molar-refractivity contribution in [1.29, 1.82) is 0 Å². The fourth-order valence-electron chi connectivity index (χ4n) is 2.98. The van der Waals surface area contributed by atoms with Gasteiger partial charge in [-0.2, -0.15) is 0 Å². The molecule has 0 aromatic heterocycles. The number of fused-ring (bicyclic) bond motifs is 1. The van der Waals surface area contributed by atoms with E-state index in [9.17, 15) is 0 Å². The van der Waals surface area contributed by atoms with Gasteiger partial charge in [-0.05, 0) is 38.4 Å². The van der Waals surface area contributed by atoms with Crippen molar-refractivity contribution < 1.29 is 4.74 Å². The molecule has 110 valence electrons. The quantitative estimate of drug-likeness (QED) is 0.665. The Bertz CT molecular complexity index is 421. The number of nitrogens with one attached hydrogen (secondary N) is 1. The number of hydrogen-bond donors (Lipinski definition) is 1. The number of likely N-dealkylation sites (tertiary alicyclic amines) is 1. The Labute approximate surface area is 126 Å². The first-order valence-electron chi connectivity index (χ1n) is 7.76. The van der Waals surface area contributed by atoms with Crippen LogP contribution in [-0.2, 0) is 0 Å². The number of rotatable bonds is 5. The van der Waals surface area contributed by atoms with Crippen LogP contribution in [0.25, 0.3) is 0 Å². The molecule has 3 rings (SSSR count). The maximum Gasteiger partial charge on any atom is 0.123 e. The van der Waals surface area contributed by atoms with Crippen LogP contribution < -0.4 is 9.46 Å². The van der Waals surface area contributed by atoms with E-state index in [4.69, 9.17) is 4.74 Å². The molecule has 1 unspecified atom stereocenters. The molecule has 2 aliphatic rings. The van der Waals surface area contributed by atoms with Crippen LogP contribution in [-0.4, -0.2) is 37.7 Å². The lowest BCUT2D eigenvalue weighted by atomic mass is 10.1. The number of benzene rings is 1. The largest absolute Gasteiger partial charge is 0.493 e. The molecular weight excluding hydrogens is 268 g/mol. The normalized spacial score (nSPS) is 23.1. The molecule has 1 N–H and O–H groups in total. The minimum atomic E-state index is 0.529. The monoisotopic (exact) mass is 292 g/mol. The highest BCUT2D eigenvalue weighted by Crippen LogP contribution is 2.39. The van der Waals surface area contributed by atoms with Crippen molar-refractivity contribution >= 4 is 11.9 Å². The SMILES string of the molecule is c1ccc2c(c1)OCCC2SNCCN1CCCCC1. The molecular formula is C16H24N2OS. The predicted molar refractivity (Wildman–Crippen MR) is 85.2 cm³/mol. The molecule has 0 saturated carbocycles. The summed E-state index contributed by atoms with van der Waals surface area (Å²) in [7, 11) is 0. The maximum atomic E-state index is 5.71. The molecule has 0 bridgehead atoms. The maximum absolute atomic E-state index is 5.71. The fourth-order valence-corrected chi connectivity index (χ4v) is 3.92. The zero-order chi connectivity index (χ0) is 13.6. The summed E-state index contributed by atoms with van der Waals surface area (Å²) in [6.07, 6.45) is 5.26. The van der Waals surface area contributed by atoms with Crippen molar-refractivity contribution in [3.63, 3.8) is 0 Å². The topological polar surface area (TPSA) is 24.5 Å². The van der Waals surface area contributed by atoms with Crippen LogP contribution in [0, 0.1) is 0 Å². The van der Waals surface area contributed by atoms with Crippen LogP contribution in [0.2, 0.25) is 0 Å². The summed E-state index contributed by atoms with van der Waals surface area (Å²) in [6.45, 7) is 5.66. The molecule has 2 heterocycles. The minimum Gasteiger partial charge on any atom is -0.493 e. The number of ether oxygens (including phenoxy) is 1. The van der Waals surface area contributed by atoms with Gasteiger partial charge in [0.1, 0.15) is 5.75 Å². The van der Waals surface area contributed by atoms with Crippen LogP contribution in [0.15, 0.2) is 24.3 Å². The van der Waals surface area contributed by atoms with Gasteiger partial charge in [0.2, 0.25) is 0 Å². The molecule has 4 heteroatoms. The van der Waals surface area contributed by atoms with E-state index in [-0.39, 0.29) is 0 Å². The lowest BCUT2D eigenvalue weighted by molar-refractivity contribution is 0.233. The highest BCUT2D eigenvalue weighted by atomic mass is 32.2. The number of para-hydroxylation sites is 1. The fraction of sp³-hybridized carbons (Fsp3) is 0.625. The van der Waals surface area contributed by atoms with Crippen LogP contribution >= 0.6 is 11.9 Å². The third kappa shape index (κ3) is 3.68. The van der Waals surface area contributed by atoms with Crippen molar-refractivity contribution in [1.82, 2.24) is 9.62 Å². The molecule has 3 nitrogen and oxygen atoms in total. The Kier molecular flexibility index (Phi) is 5.23. The highest BCUT2D eigenvalue weighted by Gasteiger charge is 2.21. The lowest BCUT2D eigenvalue weighted by Crippen LogP contribution is -2.34. The molecule has 0 radical (unpaired) electrons. The van der Waals surface area contributed by atoms with Gasteiger partial charge in [0, 0.05) is 18.7 Å². The van der Waals surface area contributed by atoms with Crippen LogP contribution in [0.4, 0.5) is 0 Å². The van der Waals surface area contributed by atoms with Crippen LogP contribution in [0.3, 0.4) is 0 Å². The zero-order valence-electron chi connectivity index (χ0n) is 12.0. The van der Waals surface area contributed by atoms with E-state index in [0.717, 1.165) is 25.3 Å². The summed E-state index contributed by atoms with van der Waals surface area (Å²) in [4.78, 5) is 2.58. The second kappa shape index (κ2) is 7.34.